The number of hydrogen-bond donors (Lipinski definition) is 2. The van der Waals surface area contributed by atoms with E-state index in [-0.39, 0.29) is 17.9 Å². The fourth-order valence-corrected chi connectivity index (χ4v) is 1.46. The van der Waals surface area contributed by atoms with Gasteiger partial charge in [0, 0.05) is 5.39 Å². The maximum absolute atomic E-state index is 10.9. The molecule has 4 nitrogen and oxygen atoms in total. The van der Waals surface area contributed by atoms with Crippen LogP contribution in [0.3, 0.4) is 0 Å². The summed E-state index contributed by atoms with van der Waals surface area (Å²) in [7, 11) is 0. The quantitative estimate of drug-likeness (QED) is 0.774. The van der Waals surface area contributed by atoms with Crippen molar-refractivity contribution in [2.75, 3.05) is 0 Å². The average Bonchev–Trinajstić information content (AvgIpc) is 2.27. The van der Waals surface area contributed by atoms with Gasteiger partial charge in [0.15, 0.2) is 0 Å². The molecule has 0 saturated heterocycles. The van der Waals surface area contributed by atoms with E-state index in [0.717, 1.165) is 5.39 Å². The molecule has 76 valence electrons. The lowest BCUT2D eigenvalue weighted by atomic mass is 10.1. The Balaban J connectivity index is 2.74. The monoisotopic (exact) mass is 203 g/mol. The number of carbonyl (C=O) groups is 1. The van der Waals surface area contributed by atoms with Gasteiger partial charge in [0.1, 0.15) is 0 Å². The number of aromatic carboxylic acids is 1. The molecular formula is C11H9NO3. The molecule has 0 aliphatic carbocycles. The zero-order chi connectivity index (χ0) is 10.8. The van der Waals surface area contributed by atoms with Crippen molar-refractivity contribution in [1.29, 1.82) is 0 Å². The van der Waals surface area contributed by atoms with E-state index in [4.69, 9.17) is 10.2 Å². The Hall–Kier alpha value is -1.94. The molecule has 0 saturated carbocycles. The minimum atomic E-state index is -1.07. The largest absolute Gasteiger partial charge is 0.478 e. The number of pyridine rings is 1. The van der Waals surface area contributed by atoms with Crippen LogP contribution in [-0.2, 0) is 6.61 Å². The molecule has 2 aromatic rings. The third kappa shape index (κ3) is 1.67. The van der Waals surface area contributed by atoms with Crippen LogP contribution in [0.2, 0.25) is 0 Å². The summed E-state index contributed by atoms with van der Waals surface area (Å²) in [5.41, 5.74) is 0.934. The number of rotatable bonds is 2. The van der Waals surface area contributed by atoms with E-state index in [1.807, 2.05) is 12.1 Å². The first-order valence-corrected chi connectivity index (χ1v) is 4.45. The lowest BCUT2D eigenvalue weighted by Gasteiger charge is -2.04. The van der Waals surface area contributed by atoms with Crippen molar-refractivity contribution < 1.29 is 15.0 Å². The number of fused-ring (bicyclic) bond motifs is 1. The van der Waals surface area contributed by atoms with E-state index >= 15 is 0 Å². The molecule has 1 aromatic heterocycles. The van der Waals surface area contributed by atoms with Crippen LogP contribution in [0.15, 0.2) is 30.3 Å². The number of aromatic nitrogens is 1. The summed E-state index contributed by atoms with van der Waals surface area (Å²) in [6.07, 6.45) is 0. The van der Waals surface area contributed by atoms with Crippen molar-refractivity contribution in [2.24, 2.45) is 0 Å². The lowest BCUT2D eigenvalue weighted by molar-refractivity contribution is 0.0692. The first-order valence-electron chi connectivity index (χ1n) is 4.45. The molecule has 0 fully saturated rings. The summed E-state index contributed by atoms with van der Waals surface area (Å²) < 4.78 is 0. The Labute approximate surface area is 85.8 Å². The molecule has 0 unspecified atom stereocenters. The highest BCUT2D eigenvalue weighted by Gasteiger charge is 2.11. The first-order chi connectivity index (χ1) is 7.22. The van der Waals surface area contributed by atoms with Gasteiger partial charge in [0.05, 0.1) is 23.4 Å². The van der Waals surface area contributed by atoms with Crippen molar-refractivity contribution in [1.82, 2.24) is 4.98 Å². The Bertz CT molecular complexity index is 522. The summed E-state index contributed by atoms with van der Waals surface area (Å²) >= 11 is 0. The molecule has 4 heteroatoms. The average molecular weight is 203 g/mol. The van der Waals surface area contributed by atoms with Gasteiger partial charge in [-0.3, -0.25) is 0 Å². The van der Waals surface area contributed by atoms with Gasteiger partial charge in [0.25, 0.3) is 0 Å². The van der Waals surface area contributed by atoms with E-state index in [1.165, 1.54) is 6.07 Å². The number of aliphatic hydroxyl groups is 1. The predicted octanol–water partition coefficient (Wildman–Crippen LogP) is 1.43. The van der Waals surface area contributed by atoms with Crippen molar-refractivity contribution in [2.45, 2.75) is 6.61 Å². The molecule has 0 atom stereocenters. The van der Waals surface area contributed by atoms with Crippen LogP contribution in [-0.4, -0.2) is 21.2 Å². The SMILES string of the molecule is O=C(O)c1cc2ccccc2nc1CO. The minimum absolute atomic E-state index is 0.0520. The van der Waals surface area contributed by atoms with Gasteiger partial charge >= 0.3 is 5.97 Å². The number of carboxylic acids is 1. The molecule has 2 rings (SSSR count). The van der Waals surface area contributed by atoms with Crippen LogP contribution >= 0.6 is 0 Å². The number of aliphatic hydroxyl groups excluding tert-OH is 1. The van der Waals surface area contributed by atoms with Gasteiger partial charge in [-0.1, -0.05) is 18.2 Å². The lowest BCUT2D eigenvalue weighted by Crippen LogP contribution is -2.05. The molecule has 0 bridgehead atoms. The van der Waals surface area contributed by atoms with E-state index < -0.39 is 5.97 Å². The predicted molar refractivity (Wildman–Crippen MR) is 54.6 cm³/mol. The zero-order valence-corrected chi connectivity index (χ0v) is 7.84. The van der Waals surface area contributed by atoms with Crippen LogP contribution in [0.5, 0.6) is 0 Å². The van der Waals surface area contributed by atoms with Gasteiger partial charge in [0.2, 0.25) is 0 Å². The Morgan fingerprint density at radius 3 is 2.73 bits per heavy atom. The van der Waals surface area contributed by atoms with E-state index in [2.05, 4.69) is 4.98 Å². The summed E-state index contributed by atoms with van der Waals surface area (Å²) in [5, 5.41) is 18.7. The molecule has 0 aliphatic heterocycles. The molecule has 1 aromatic carbocycles. The van der Waals surface area contributed by atoms with Gasteiger partial charge in [-0.25, -0.2) is 9.78 Å². The number of nitrogens with zero attached hydrogens (tertiary/aromatic N) is 1. The van der Waals surface area contributed by atoms with E-state index in [0.29, 0.717) is 5.52 Å². The molecule has 0 amide bonds. The van der Waals surface area contributed by atoms with E-state index in [9.17, 15) is 4.79 Å². The summed E-state index contributed by atoms with van der Waals surface area (Å²) in [6, 6.07) is 8.72. The van der Waals surface area contributed by atoms with Gasteiger partial charge in [-0.2, -0.15) is 0 Å². The van der Waals surface area contributed by atoms with Crippen LogP contribution in [0.25, 0.3) is 10.9 Å². The van der Waals surface area contributed by atoms with Gasteiger partial charge in [-0.15, -0.1) is 0 Å². The highest BCUT2D eigenvalue weighted by molar-refractivity contribution is 5.93. The van der Waals surface area contributed by atoms with Crippen molar-refractivity contribution >= 4 is 16.9 Å². The Kier molecular flexibility index (Phi) is 2.35. The molecule has 0 spiro atoms. The molecular weight excluding hydrogens is 194 g/mol. The van der Waals surface area contributed by atoms with Crippen LogP contribution < -0.4 is 0 Å². The van der Waals surface area contributed by atoms with Crippen molar-refractivity contribution in [3.05, 3.63) is 41.6 Å². The highest BCUT2D eigenvalue weighted by atomic mass is 16.4. The molecule has 0 radical (unpaired) electrons. The Morgan fingerprint density at radius 2 is 2.07 bits per heavy atom. The second-order valence-electron chi connectivity index (χ2n) is 3.14. The summed E-state index contributed by atoms with van der Waals surface area (Å²) in [6.45, 7) is -0.369. The number of benzene rings is 1. The van der Waals surface area contributed by atoms with Gasteiger partial charge < -0.3 is 10.2 Å². The number of carboxylic acid groups (broad SMARTS) is 1. The second-order valence-corrected chi connectivity index (χ2v) is 3.14. The summed E-state index contributed by atoms with van der Waals surface area (Å²) in [5.74, 6) is -1.07. The standard InChI is InChI=1S/C11H9NO3/c13-6-10-8(11(14)15)5-7-3-1-2-4-9(7)12-10/h1-5,13H,6H2,(H,14,15). The molecule has 1 heterocycles. The van der Waals surface area contributed by atoms with Crippen LogP contribution in [0.1, 0.15) is 16.1 Å². The maximum atomic E-state index is 10.9. The van der Waals surface area contributed by atoms with Gasteiger partial charge in [-0.05, 0) is 12.1 Å². The van der Waals surface area contributed by atoms with Crippen LogP contribution in [0, 0.1) is 0 Å². The molecule has 2 N–H and O–H groups in total. The third-order valence-electron chi connectivity index (χ3n) is 2.18. The van der Waals surface area contributed by atoms with E-state index in [1.54, 1.807) is 12.1 Å². The Morgan fingerprint density at radius 1 is 1.33 bits per heavy atom. The maximum Gasteiger partial charge on any atom is 0.337 e. The first kappa shape index (κ1) is 9.61. The van der Waals surface area contributed by atoms with Crippen LogP contribution in [0.4, 0.5) is 0 Å². The van der Waals surface area contributed by atoms with Crippen molar-refractivity contribution in [3.8, 4) is 0 Å². The number of hydrogen-bond acceptors (Lipinski definition) is 3. The zero-order valence-electron chi connectivity index (χ0n) is 7.84. The minimum Gasteiger partial charge on any atom is -0.478 e. The fraction of sp³-hybridized carbons (Fsp3) is 0.0909. The second kappa shape index (κ2) is 3.67. The normalized spacial score (nSPS) is 10.5. The smallest absolute Gasteiger partial charge is 0.337 e. The molecule has 15 heavy (non-hydrogen) atoms. The number of para-hydroxylation sites is 1. The van der Waals surface area contributed by atoms with Crippen molar-refractivity contribution in [3.63, 3.8) is 0 Å². The topological polar surface area (TPSA) is 70.4 Å². The third-order valence-corrected chi connectivity index (χ3v) is 2.18. The fourth-order valence-electron chi connectivity index (χ4n) is 1.46. The molecule has 0 aliphatic rings. The summed E-state index contributed by atoms with van der Waals surface area (Å²) in [4.78, 5) is 15.0. The highest BCUT2D eigenvalue weighted by Crippen LogP contribution is 2.16.